The zero-order valence-corrected chi connectivity index (χ0v) is 14.4. The molecule has 0 aromatic rings. The first-order valence-electron chi connectivity index (χ1n) is 8.89. The highest BCUT2D eigenvalue weighted by Crippen LogP contribution is 2.59. The third-order valence-electron chi connectivity index (χ3n) is 6.07. The Labute approximate surface area is 134 Å². The molecule has 0 aliphatic heterocycles. The Morgan fingerprint density at radius 3 is 2.14 bits per heavy atom. The maximum absolute atomic E-state index is 12.2. The van der Waals surface area contributed by atoms with Gasteiger partial charge in [0.2, 0.25) is 0 Å². The number of carboxylic acids is 2. The Bertz CT molecular complexity index is 393. The van der Waals surface area contributed by atoms with Crippen molar-refractivity contribution in [2.45, 2.75) is 85.0 Å². The highest BCUT2D eigenvalue weighted by Gasteiger charge is 2.63. The van der Waals surface area contributed by atoms with Crippen molar-refractivity contribution in [3.8, 4) is 0 Å². The van der Waals surface area contributed by atoms with E-state index < -0.39 is 22.8 Å². The summed E-state index contributed by atoms with van der Waals surface area (Å²) in [5.41, 5.74) is -2.22. The topological polar surface area (TPSA) is 74.6 Å². The van der Waals surface area contributed by atoms with Gasteiger partial charge in [0, 0.05) is 0 Å². The van der Waals surface area contributed by atoms with E-state index in [9.17, 15) is 19.8 Å². The van der Waals surface area contributed by atoms with Crippen molar-refractivity contribution in [2.75, 3.05) is 0 Å². The lowest BCUT2D eigenvalue weighted by Gasteiger charge is -2.52. The molecular weight excluding hydrogens is 280 g/mol. The quantitative estimate of drug-likeness (QED) is 0.604. The SMILES string of the molecule is CCCCCCC1CCCC(CC)(C(=O)O)C1(CC)C(=O)O. The van der Waals surface area contributed by atoms with E-state index in [1.54, 1.807) is 0 Å². The lowest BCUT2D eigenvalue weighted by molar-refractivity contribution is -0.189. The molecule has 2 N–H and O–H groups in total. The van der Waals surface area contributed by atoms with Gasteiger partial charge in [-0.1, -0.05) is 52.9 Å². The van der Waals surface area contributed by atoms with Gasteiger partial charge in [0.05, 0.1) is 10.8 Å². The van der Waals surface area contributed by atoms with Crippen LogP contribution >= 0.6 is 0 Å². The van der Waals surface area contributed by atoms with Gasteiger partial charge in [-0.3, -0.25) is 9.59 Å². The summed E-state index contributed by atoms with van der Waals surface area (Å²) in [7, 11) is 0. The van der Waals surface area contributed by atoms with Crippen LogP contribution in [0.15, 0.2) is 0 Å². The molecule has 0 amide bonds. The summed E-state index contributed by atoms with van der Waals surface area (Å²) < 4.78 is 0. The van der Waals surface area contributed by atoms with Crippen molar-refractivity contribution in [1.82, 2.24) is 0 Å². The Morgan fingerprint density at radius 1 is 1.00 bits per heavy atom. The van der Waals surface area contributed by atoms with E-state index in [-0.39, 0.29) is 5.92 Å². The molecule has 3 unspecified atom stereocenters. The van der Waals surface area contributed by atoms with Crippen LogP contribution in [0.5, 0.6) is 0 Å². The lowest BCUT2D eigenvalue weighted by Crippen LogP contribution is -2.58. The fourth-order valence-electron chi connectivity index (χ4n) is 4.82. The summed E-state index contributed by atoms with van der Waals surface area (Å²) in [5, 5.41) is 19.9. The average Bonchev–Trinajstić information content (AvgIpc) is 2.50. The van der Waals surface area contributed by atoms with Crippen molar-refractivity contribution in [3.63, 3.8) is 0 Å². The summed E-state index contributed by atoms with van der Waals surface area (Å²) in [6, 6.07) is 0. The third-order valence-corrected chi connectivity index (χ3v) is 6.07. The molecule has 3 atom stereocenters. The molecule has 0 spiro atoms. The van der Waals surface area contributed by atoms with Gasteiger partial charge in [-0.05, 0) is 38.0 Å². The van der Waals surface area contributed by atoms with Gasteiger partial charge in [0.25, 0.3) is 0 Å². The minimum atomic E-state index is -1.11. The number of carboxylic acid groups (broad SMARTS) is 2. The number of unbranched alkanes of at least 4 members (excludes halogenated alkanes) is 3. The van der Waals surface area contributed by atoms with Crippen LogP contribution in [0.25, 0.3) is 0 Å². The molecule has 4 heteroatoms. The van der Waals surface area contributed by atoms with E-state index in [1.807, 2.05) is 13.8 Å². The van der Waals surface area contributed by atoms with Gasteiger partial charge >= 0.3 is 11.9 Å². The molecule has 4 nitrogen and oxygen atoms in total. The lowest BCUT2D eigenvalue weighted by atomic mass is 9.48. The molecule has 0 radical (unpaired) electrons. The molecule has 1 fully saturated rings. The van der Waals surface area contributed by atoms with Crippen molar-refractivity contribution in [1.29, 1.82) is 0 Å². The molecule has 1 saturated carbocycles. The molecule has 128 valence electrons. The normalized spacial score (nSPS) is 31.9. The van der Waals surface area contributed by atoms with Gasteiger partial charge in [0.1, 0.15) is 0 Å². The van der Waals surface area contributed by atoms with Gasteiger partial charge < -0.3 is 10.2 Å². The maximum Gasteiger partial charge on any atom is 0.311 e. The van der Waals surface area contributed by atoms with E-state index in [2.05, 4.69) is 6.92 Å². The number of carbonyl (C=O) groups is 2. The van der Waals surface area contributed by atoms with Crippen LogP contribution in [0.2, 0.25) is 0 Å². The van der Waals surface area contributed by atoms with Gasteiger partial charge in [0.15, 0.2) is 0 Å². The second-order valence-electron chi connectivity index (χ2n) is 6.81. The number of aliphatic carboxylic acids is 2. The van der Waals surface area contributed by atoms with E-state index in [0.717, 1.165) is 44.9 Å². The fourth-order valence-corrected chi connectivity index (χ4v) is 4.82. The van der Waals surface area contributed by atoms with Crippen LogP contribution in [-0.2, 0) is 9.59 Å². The molecule has 0 heterocycles. The van der Waals surface area contributed by atoms with Crippen LogP contribution < -0.4 is 0 Å². The standard InChI is InChI=1S/C18H32O4/c1-4-7-8-9-11-14-12-10-13-17(5-2,15(19)20)18(14,6-3)16(21)22/h14H,4-13H2,1-3H3,(H,19,20)(H,21,22). The second-order valence-corrected chi connectivity index (χ2v) is 6.81. The van der Waals surface area contributed by atoms with Crippen LogP contribution in [0.3, 0.4) is 0 Å². The van der Waals surface area contributed by atoms with E-state index in [1.165, 1.54) is 0 Å². The molecule has 0 aromatic heterocycles. The van der Waals surface area contributed by atoms with Crippen molar-refractivity contribution in [2.24, 2.45) is 16.7 Å². The Kier molecular flexibility index (Phi) is 6.89. The first-order valence-corrected chi connectivity index (χ1v) is 8.89. The van der Waals surface area contributed by atoms with E-state index in [0.29, 0.717) is 19.3 Å². The third kappa shape index (κ3) is 3.02. The molecule has 0 saturated heterocycles. The van der Waals surface area contributed by atoms with E-state index >= 15 is 0 Å². The Hall–Kier alpha value is -1.06. The molecule has 0 aromatic carbocycles. The van der Waals surface area contributed by atoms with Crippen molar-refractivity contribution in [3.05, 3.63) is 0 Å². The summed E-state index contributed by atoms with van der Waals surface area (Å²) >= 11 is 0. The van der Waals surface area contributed by atoms with Crippen molar-refractivity contribution >= 4 is 11.9 Å². The highest BCUT2D eigenvalue weighted by atomic mass is 16.4. The molecule has 1 aliphatic carbocycles. The fraction of sp³-hybridized carbons (Fsp3) is 0.889. The van der Waals surface area contributed by atoms with Crippen LogP contribution in [0.1, 0.15) is 85.0 Å². The first-order chi connectivity index (χ1) is 10.4. The summed E-state index contributed by atoms with van der Waals surface area (Å²) in [5.74, 6) is -1.84. The molecule has 1 aliphatic rings. The van der Waals surface area contributed by atoms with Gasteiger partial charge in [-0.25, -0.2) is 0 Å². The molecule has 22 heavy (non-hydrogen) atoms. The highest BCUT2D eigenvalue weighted by molar-refractivity contribution is 5.87. The monoisotopic (exact) mass is 312 g/mol. The zero-order chi connectivity index (χ0) is 16.8. The minimum absolute atomic E-state index is 0.0170. The minimum Gasteiger partial charge on any atom is -0.481 e. The molecule has 0 bridgehead atoms. The Morgan fingerprint density at radius 2 is 1.68 bits per heavy atom. The second kappa shape index (κ2) is 7.98. The van der Waals surface area contributed by atoms with Crippen LogP contribution in [-0.4, -0.2) is 22.2 Å². The predicted octanol–water partition coefficient (Wildman–Crippen LogP) is 4.72. The molecular formula is C18H32O4. The van der Waals surface area contributed by atoms with Crippen LogP contribution in [0.4, 0.5) is 0 Å². The number of rotatable bonds is 9. The smallest absolute Gasteiger partial charge is 0.311 e. The van der Waals surface area contributed by atoms with E-state index in [4.69, 9.17) is 0 Å². The number of hydrogen-bond acceptors (Lipinski definition) is 2. The maximum atomic E-state index is 12.2. The van der Waals surface area contributed by atoms with Gasteiger partial charge in [-0.2, -0.15) is 0 Å². The average molecular weight is 312 g/mol. The first kappa shape index (κ1) is 19.0. The van der Waals surface area contributed by atoms with Crippen LogP contribution in [0, 0.1) is 16.7 Å². The summed E-state index contributed by atoms with van der Waals surface area (Å²) in [4.78, 5) is 24.3. The summed E-state index contributed by atoms with van der Waals surface area (Å²) in [6.07, 6.45) is 8.24. The largest absolute Gasteiger partial charge is 0.481 e. The zero-order valence-electron chi connectivity index (χ0n) is 14.4. The van der Waals surface area contributed by atoms with Gasteiger partial charge in [-0.15, -0.1) is 0 Å². The summed E-state index contributed by atoms with van der Waals surface area (Å²) in [6.45, 7) is 5.84. The molecule has 1 rings (SSSR count). The van der Waals surface area contributed by atoms with Crippen molar-refractivity contribution < 1.29 is 19.8 Å². The Balaban J connectivity index is 3.14. The predicted molar refractivity (Wildman–Crippen MR) is 86.8 cm³/mol. The number of hydrogen-bond donors (Lipinski definition) is 2.